The second-order valence-electron chi connectivity index (χ2n) is 5.50. The van der Waals surface area contributed by atoms with Gasteiger partial charge in [0.1, 0.15) is 5.82 Å². The van der Waals surface area contributed by atoms with Crippen LogP contribution in [-0.4, -0.2) is 24.2 Å². The van der Waals surface area contributed by atoms with Gasteiger partial charge < -0.3 is 10.1 Å². The lowest BCUT2D eigenvalue weighted by molar-refractivity contribution is -0.0917. The second-order valence-corrected chi connectivity index (χ2v) is 6.36. The molecule has 2 rings (SSSR count). The number of ether oxygens (including phenoxy) is 1. The molecular weight excluding hydrogens is 337 g/mol. The summed E-state index contributed by atoms with van der Waals surface area (Å²) in [5, 5.41) is 2.95. The van der Waals surface area contributed by atoms with Crippen molar-refractivity contribution in [2.24, 2.45) is 0 Å². The molecule has 1 amide bonds. The summed E-state index contributed by atoms with van der Waals surface area (Å²) in [5.41, 5.74) is -0.0825. The summed E-state index contributed by atoms with van der Waals surface area (Å²) < 4.78 is 20.2. The fraction of sp³-hybridized carbons (Fsp3) is 0.562. The SMILES string of the molecule is CCC1(CC)CC(NC(=O)c2cccc(Br)c2F)CCO1. The van der Waals surface area contributed by atoms with E-state index in [2.05, 4.69) is 35.1 Å². The van der Waals surface area contributed by atoms with Gasteiger partial charge in [0.25, 0.3) is 5.91 Å². The number of rotatable bonds is 4. The Morgan fingerprint density at radius 3 is 2.86 bits per heavy atom. The third kappa shape index (κ3) is 3.64. The molecule has 0 aromatic heterocycles. The van der Waals surface area contributed by atoms with E-state index in [4.69, 9.17) is 4.74 Å². The zero-order valence-electron chi connectivity index (χ0n) is 12.4. The molecule has 3 nitrogen and oxygen atoms in total. The van der Waals surface area contributed by atoms with Gasteiger partial charge in [0.05, 0.1) is 15.6 Å². The highest BCUT2D eigenvalue weighted by Gasteiger charge is 2.35. The van der Waals surface area contributed by atoms with Crippen molar-refractivity contribution in [1.29, 1.82) is 0 Å². The van der Waals surface area contributed by atoms with Crippen LogP contribution in [0.25, 0.3) is 0 Å². The van der Waals surface area contributed by atoms with Crippen LogP contribution in [0.4, 0.5) is 4.39 Å². The number of carbonyl (C=O) groups is 1. The van der Waals surface area contributed by atoms with Crippen molar-refractivity contribution in [1.82, 2.24) is 5.32 Å². The molecule has 1 unspecified atom stereocenters. The zero-order chi connectivity index (χ0) is 15.5. The van der Waals surface area contributed by atoms with Crippen LogP contribution < -0.4 is 5.32 Å². The highest BCUT2D eigenvalue weighted by atomic mass is 79.9. The maximum absolute atomic E-state index is 14.0. The highest BCUT2D eigenvalue weighted by Crippen LogP contribution is 2.31. The quantitative estimate of drug-likeness (QED) is 0.882. The van der Waals surface area contributed by atoms with Gasteiger partial charge in [-0.15, -0.1) is 0 Å². The Morgan fingerprint density at radius 1 is 1.48 bits per heavy atom. The summed E-state index contributed by atoms with van der Waals surface area (Å²) in [5.74, 6) is -0.874. The molecule has 0 bridgehead atoms. The Morgan fingerprint density at radius 2 is 2.19 bits per heavy atom. The summed E-state index contributed by atoms with van der Waals surface area (Å²) in [4.78, 5) is 12.3. The minimum absolute atomic E-state index is 0.0320. The number of nitrogens with one attached hydrogen (secondary N) is 1. The van der Waals surface area contributed by atoms with Gasteiger partial charge in [-0.3, -0.25) is 4.79 Å². The van der Waals surface area contributed by atoms with Crippen molar-refractivity contribution < 1.29 is 13.9 Å². The topological polar surface area (TPSA) is 38.3 Å². The second kappa shape index (κ2) is 6.88. The molecule has 0 saturated carbocycles. The normalized spacial score (nSPS) is 21.0. The molecule has 1 aliphatic rings. The van der Waals surface area contributed by atoms with Crippen molar-refractivity contribution in [3.8, 4) is 0 Å². The lowest BCUT2D eigenvalue weighted by Crippen LogP contribution is -2.48. The fourth-order valence-corrected chi connectivity index (χ4v) is 3.20. The average Bonchev–Trinajstić information content (AvgIpc) is 2.50. The number of halogens is 2. The third-order valence-electron chi connectivity index (χ3n) is 4.31. The van der Waals surface area contributed by atoms with Crippen LogP contribution in [0.5, 0.6) is 0 Å². The molecule has 0 radical (unpaired) electrons. The van der Waals surface area contributed by atoms with Crippen LogP contribution in [-0.2, 0) is 4.74 Å². The van der Waals surface area contributed by atoms with Gasteiger partial charge in [0.15, 0.2) is 0 Å². The molecular formula is C16H21BrFNO2. The van der Waals surface area contributed by atoms with E-state index in [1.165, 1.54) is 6.07 Å². The molecule has 21 heavy (non-hydrogen) atoms. The van der Waals surface area contributed by atoms with Gasteiger partial charge >= 0.3 is 0 Å². The van der Waals surface area contributed by atoms with Crippen LogP contribution in [0.2, 0.25) is 0 Å². The van der Waals surface area contributed by atoms with Crippen molar-refractivity contribution in [2.45, 2.75) is 51.2 Å². The monoisotopic (exact) mass is 357 g/mol. The van der Waals surface area contributed by atoms with E-state index in [0.29, 0.717) is 11.1 Å². The van der Waals surface area contributed by atoms with Gasteiger partial charge in [-0.2, -0.15) is 0 Å². The van der Waals surface area contributed by atoms with Crippen LogP contribution in [0.3, 0.4) is 0 Å². The molecule has 1 aliphatic heterocycles. The predicted molar refractivity (Wildman–Crippen MR) is 83.9 cm³/mol. The van der Waals surface area contributed by atoms with Crippen LogP contribution >= 0.6 is 15.9 Å². The standard InChI is InChI=1S/C16H21BrFNO2/c1-3-16(4-2)10-11(8-9-21-16)19-15(20)12-6-5-7-13(17)14(12)18/h5-7,11H,3-4,8-10H2,1-2H3,(H,19,20). The van der Waals surface area contributed by atoms with E-state index >= 15 is 0 Å². The minimum Gasteiger partial charge on any atom is -0.375 e. The summed E-state index contributed by atoms with van der Waals surface area (Å²) in [6.45, 7) is 4.83. The van der Waals surface area contributed by atoms with Crippen molar-refractivity contribution in [3.05, 3.63) is 34.1 Å². The number of benzene rings is 1. The maximum Gasteiger partial charge on any atom is 0.254 e. The first kappa shape index (κ1) is 16.4. The molecule has 1 aromatic rings. The van der Waals surface area contributed by atoms with Gasteiger partial charge in [0, 0.05) is 12.6 Å². The molecule has 1 aromatic carbocycles. The first-order valence-corrected chi connectivity index (χ1v) is 8.19. The van der Waals surface area contributed by atoms with E-state index in [0.717, 1.165) is 25.7 Å². The Bertz CT molecular complexity index is 517. The summed E-state index contributed by atoms with van der Waals surface area (Å²) in [7, 11) is 0. The third-order valence-corrected chi connectivity index (χ3v) is 4.93. The first-order chi connectivity index (χ1) is 10.0. The number of amides is 1. The van der Waals surface area contributed by atoms with E-state index in [9.17, 15) is 9.18 Å². The maximum atomic E-state index is 14.0. The predicted octanol–water partition coefficient (Wildman–Crippen LogP) is 4.06. The number of carbonyl (C=O) groups excluding carboxylic acids is 1. The van der Waals surface area contributed by atoms with Crippen LogP contribution in [0.1, 0.15) is 49.9 Å². The summed E-state index contributed by atoms with van der Waals surface area (Å²) >= 11 is 3.11. The number of hydrogen-bond donors (Lipinski definition) is 1. The fourth-order valence-electron chi connectivity index (χ4n) is 2.84. The van der Waals surface area contributed by atoms with Gasteiger partial charge in [0.2, 0.25) is 0 Å². The van der Waals surface area contributed by atoms with E-state index in [1.54, 1.807) is 12.1 Å². The Hall–Kier alpha value is -0.940. The van der Waals surface area contributed by atoms with Crippen molar-refractivity contribution in [2.75, 3.05) is 6.61 Å². The van der Waals surface area contributed by atoms with E-state index in [1.807, 2.05) is 0 Å². The Kier molecular flexibility index (Phi) is 5.38. The summed E-state index contributed by atoms with van der Waals surface area (Å²) in [6, 6.07) is 4.78. The molecule has 0 spiro atoms. The van der Waals surface area contributed by atoms with Crippen LogP contribution in [0, 0.1) is 5.82 Å². The molecule has 1 heterocycles. The molecule has 1 N–H and O–H groups in total. The molecule has 0 aliphatic carbocycles. The molecule has 1 atom stereocenters. The average molecular weight is 358 g/mol. The van der Waals surface area contributed by atoms with Gasteiger partial charge in [-0.25, -0.2) is 4.39 Å². The zero-order valence-corrected chi connectivity index (χ0v) is 14.0. The molecule has 116 valence electrons. The molecule has 1 fully saturated rings. The highest BCUT2D eigenvalue weighted by molar-refractivity contribution is 9.10. The first-order valence-electron chi connectivity index (χ1n) is 7.40. The van der Waals surface area contributed by atoms with E-state index < -0.39 is 5.82 Å². The lowest BCUT2D eigenvalue weighted by atomic mass is 9.86. The van der Waals surface area contributed by atoms with Gasteiger partial charge in [-0.05, 0) is 53.7 Å². The lowest BCUT2D eigenvalue weighted by Gasteiger charge is -2.40. The van der Waals surface area contributed by atoms with Crippen molar-refractivity contribution in [3.63, 3.8) is 0 Å². The smallest absolute Gasteiger partial charge is 0.254 e. The number of hydrogen-bond acceptors (Lipinski definition) is 2. The van der Waals surface area contributed by atoms with Crippen molar-refractivity contribution >= 4 is 21.8 Å². The molecule has 5 heteroatoms. The van der Waals surface area contributed by atoms with E-state index in [-0.39, 0.29) is 23.1 Å². The Balaban J connectivity index is 2.07. The Labute approximate surface area is 133 Å². The summed E-state index contributed by atoms with van der Waals surface area (Å²) in [6.07, 6.45) is 3.38. The van der Waals surface area contributed by atoms with Crippen LogP contribution in [0.15, 0.2) is 22.7 Å². The minimum atomic E-state index is -0.515. The largest absolute Gasteiger partial charge is 0.375 e. The molecule has 1 saturated heterocycles. The van der Waals surface area contributed by atoms with Gasteiger partial charge in [-0.1, -0.05) is 19.9 Å².